The minimum Gasteiger partial charge on any atom is -0.495 e. The molecule has 0 saturated carbocycles. The highest BCUT2D eigenvalue weighted by Crippen LogP contribution is 2.32. The van der Waals surface area contributed by atoms with Crippen LogP contribution in [0.25, 0.3) is 0 Å². The van der Waals surface area contributed by atoms with Gasteiger partial charge < -0.3 is 10.1 Å². The summed E-state index contributed by atoms with van der Waals surface area (Å²) in [6.07, 6.45) is 2.51. The second kappa shape index (κ2) is 12.0. The summed E-state index contributed by atoms with van der Waals surface area (Å²) in [6.45, 7) is 1.97. The lowest BCUT2D eigenvalue weighted by Crippen LogP contribution is -2.38. The predicted octanol–water partition coefficient (Wildman–Crippen LogP) is 4.67. The SMILES string of the molecule is COc1ccc(NC(=O)CN(c2cc(Cl)ccc2C)S(=O)(=O)c2ccccc2)cc1S(=O)(=O)N1CCCCC1. The number of carbonyl (C=O) groups excluding carboxylic acids is 1. The van der Waals surface area contributed by atoms with Gasteiger partial charge in [0.15, 0.2) is 0 Å². The van der Waals surface area contributed by atoms with Gasteiger partial charge >= 0.3 is 0 Å². The number of rotatable bonds is 9. The number of amides is 1. The van der Waals surface area contributed by atoms with E-state index in [1.54, 1.807) is 37.3 Å². The Morgan fingerprint density at radius 3 is 2.33 bits per heavy atom. The van der Waals surface area contributed by atoms with E-state index in [9.17, 15) is 21.6 Å². The lowest BCUT2D eigenvalue weighted by Gasteiger charge is -2.27. The molecule has 4 rings (SSSR count). The number of piperidine rings is 1. The van der Waals surface area contributed by atoms with Crippen molar-refractivity contribution in [2.75, 3.05) is 36.4 Å². The molecule has 1 saturated heterocycles. The van der Waals surface area contributed by atoms with Gasteiger partial charge in [-0.25, -0.2) is 16.8 Å². The number of hydrogen-bond donors (Lipinski definition) is 1. The Hall–Kier alpha value is -3.12. The molecule has 0 aliphatic carbocycles. The molecule has 0 bridgehead atoms. The van der Waals surface area contributed by atoms with Gasteiger partial charge in [0.2, 0.25) is 15.9 Å². The monoisotopic (exact) mass is 591 g/mol. The summed E-state index contributed by atoms with van der Waals surface area (Å²) in [6, 6.07) is 16.9. The summed E-state index contributed by atoms with van der Waals surface area (Å²) in [5, 5.41) is 2.96. The molecule has 0 aromatic heterocycles. The van der Waals surface area contributed by atoms with E-state index in [2.05, 4.69) is 5.32 Å². The van der Waals surface area contributed by atoms with Crippen molar-refractivity contribution in [1.29, 1.82) is 0 Å². The van der Waals surface area contributed by atoms with Crippen LogP contribution < -0.4 is 14.4 Å². The summed E-state index contributed by atoms with van der Waals surface area (Å²) in [4.78, 5) is 13.2. The van der Waals surface area contributed by atoms with Crippen LogP contribution in [0.4, 0.5) is 11.4 Å². The molecule has 1 amide bonds. The first-order chi connectivity index (χ1) is 18.5. The first kappa shape index (κ1) is 28.9. The van der Waals surface area contributed by atoms with Gasteiger partial charge in [-0.2, -0.15) is 4.31 Å². The molecule has 9 nitrogen and oxygen atoms in total. The summed E-state index contributed by atoms with van der Waals surface area (Å²) in [5.41, 5.74) is 1.05. The van der Waals surface area contributed by atoms with Crippen LogP contribution >= 0.6 is 11.6 Å². The number of methoxy groups -OCH3 is 1. The maximum Gasteiger partial charge on any atom is 0.264 e. The van der Waals surface area contributed by atoms with Crippen molar-refractivity contribution in [2.24, 2.45) is 0 Å². The smallest absolute Gasteiger partial charge is 0.264 e. The topological polar surface area (TPSA) is 113 Å². The number of carbonyl (C=O) groups is 1. The highest BCUT2D eigenvalue weighted by atomic mass is 35.5. The lowest BCUT2D eigenvalue weighted by molar-refractivity contribution is -0.114. The molecule has 0 spiro atoms. The molecule has 208 valence electrons. The van der Waals surface area contributed by atoms with Crippen molar-refractivity contribution < 1.29 is 26.4 Å². The van der Waals surface area contributed by atoms with Crippen molar-refractivity contribution in [3.05, 3.63) is 77.3 Å². The number of hydrogen-bond acceptors (Lipinski definition) is 6. The van der Waals surface area contributed by atoms with E-state index >= 15 is 0 Å². The third-order valence-corrected chi connectivity index (χ3v) is 10.4. The molecular formula is C27H30ClN3O6S2. The summed E-state index contributed by atoms with van der Waals surface area (Å²) in [7, 11) is -6.63. The maximum atomic E-state index is 13.6. The van der Waals surface area contributed by atoms with Crippen LogP contribution in [0.1, 0.15) is 24.8 Å². The number of aryl methyl sites for hydroxylation is 1. The average Bonchev–Trinajstić information content (AvgIpc) is 2.94. The predicted molar refractivity (Wildman–Crippen MR) is 151 cm³/mol. The lowest BCUT2D eigenvalue weighted by atomic mass is 10.2. The number of halogens is 1. The molecular weight excluding hydrogens is 562 g/mol. The minimum absolute atomic E-state index is 0.0107. The molecule has 3 aromatic rings. The van der Waals surface area contributed by atoms with Gasteiger partial charge in [-0.05, 0) is 67.8 Å². The maximum absolute atomic E-state index is 13.6. The molecule has 39 heavy (non-hydrogen) atoms. The van der Waals surface area contributed by atoms with Crippen molar-refractivity contribution in [3.8, 4) is 5.75 Å². The largest absolute Gasteiger partial charge is 0.495 e. The van der Waals surface area contributed by atoms with Crippen LogP contribution in [0, 0.1) is 6.92 Å². The Bertz CT molecular complexity index is 1560. The van der Waals surface area contributed by atoms with Crippen LogP contribution in [0.15, 0.2) is 76.5 Å². The molecule has 0 atom stereocenters. The first-order valence-corrected chi connectivity index (χ1v) is 15.6. The Morgan fingerprint density at radius 1 is 0.974 bits per heavy atom. The van der Waals surface area contributed by atoms with Crippen LogP contribution in [0.5, 0.6) is 5.75 Å². The van der Waals surface area contributed by atoms with E-state index in [0.29, 0.717) is 23.7 Å². The van der Waals surface area contributed by atoms with E-state index in [-0.39, 0.29) is 26.9 Å². The van der Waals surface area contributed by atoms with Gasteiger partial charge in [0, 0.05) is 23.8 Å². The standard InChI is InChI=1S/C27H30ClN3O6S2/c1-20-11-12-21(28)17-24(20)31(38(33,34)23-9-5-3-6-10-23)19-27(32)29-22-13-14-25(37-2)26(18-22)39(35,36)30-15-7-4-8-16-30/h3,5-6,9-14,17-18H,4,7-8,15-16,19H2,1-2H3,(H,29,32). The van der Waals surface area contributed by atoms with Crippen LogP contribution in [-0.2, 0) is 24.8 Å². The number of nitrogens with one attached hydrogen (secondary N) is 1. The van der Waals surface area contributed by atoms with E-state index in [1.807, 2.05) is 0 Å². The molecule has 1 aliphatic heterocycles. The summed E-state index contributed by atoms with van der Waals surface area (Å²) >= 11 is 6.18. The Kier molecular flexibility index (Phi) is 8.85. The fourth-order valence-electron chi connectivity index (χ4n) is 4.40. The van der Waals surface area contributed by atoms with Gasteiger partial charge in [-0.1, -0.05) is 42.3 Å². The zero-order valence-electron chi connectivity index (χ0n) is 21.6. The fourth-order valence-corrected chi connectivity index (χ4v) is 7.77. The minimum atomic E-state index is -4.15. The van der Waals surface area contributed by atoms with Crippen molar-refractivity contribution in [3.63, 3.8) is 0 Å². The fraction of sp³-hybridized carbons (Fsp3) is 0.296. The molecule has 12 heteroatoms. The zero-order valence-corrected chi connectivity index (χ0v) is 24.0. The molecule has 1 fully saturated rings. The summed E-state index contributed by atoms with van der Waals surface area (Å²) < 4.78 is 61.7. The number of sulfonamides is 2. The quantitative estimate of drug-likeness (QED) is 0.387. The van der Waals surface area contributed by atoms with Gasteiger partial charge in [-0.15, -0.1) is 0 Å². The van der Waals surface area contributed by atoms with Crippen LogP contribution in [0.3, 0.4) is 0 Å². The zero-order chi connectivity index (χ0) is 28.2. The molecule has 0 radical (unpaired) electrons. The van der Waals surface area contributed by atoms with Crippen molar-refractivity contribution in [1.82, 2.24) is 4.31 Å². The Labute approximate surface area is 234 Å². The van der Waals surface area contributed by atoms with E-state index in [0.717, 1.165) is 23.6 Å². The van der Waals surface area contributed by atoms with E-state index in [1.165, 1.54) is 47.8 Å². The van der Waals surface area contributed by atoms with Gasteiger partial charge in [0.25, 0.3) is 10.0 Å². The van der Waals surface area contributed by atoms with Crippen LogP contribution in [0.2, 0.25) is 5.02 Å². The Balaban J connectivity index is 1.66. The summed E-state index contributed by atoms with van der Waals surface area (Å²) in [5.74, 6) is -0.512. The molecule has 3 aromatic carbocycles. The third-order valence-electron chi connectivity index (χ3n) is 6.44. The van der Waals surface area contributed by atoms with Gasteiger partial charge in [-0.3, -0.25) is 9.10 Å². The number of benzene rings is 3. The first-order valence-electron chi connectivity index (χ1n) is 12.4. The molecule has 1 N–H and O–H groups in total. The average molecular weight is 592 g/mol. The highest BCUT2D eigenvalue weighted by molar-refractivity contribution is 7.92. The number of anilines is 2. The molecule has 1 aliphatic rings. The Morgan fingerprint density at radius 2 is 1.67 bits per heavy atom. The normalized spacial score (nSPS) is 14.5. The second-order valence-corrected chi connectivity index (χ2v) is 13.3. The molecule has 0 unspecified atom stereocenters. The highest BCUT2D eigenvalue weighted by Gasteiger charge is 2.31. The second-order valence-electron chi connectivity index (χ2n) is 9.13. The number of nitrogens with zero attached hydrogens (tertiary/aromatic N) is 2. The third kappa shape index (κ3) is 6.38. The number of ether oxygens (including phenoxy) is 1. The van der Waals surface area contributed by atoms with Crippen molar-refractivity contribution >= 4 is 48.9 Å². The van der Waals surface area contributed by atoms with Crippen LogP contribution in [-0.4, -0.2) is 53.8 Å². The van der Waals surface area contributed by atoms with Crippen molar-refractivity contribution in [2.45, 2.75) is 36.0 Å². The van der Waals surface area contributed by atoms with E-state index < -0.39 is 32.5 Å². The van der Waals surface area contributed by atoms with E-state index in [4.69, 9.17) is 16.3 Å². The molecule has 1 heterocycles. The van der Waals surface area contributed by atoms with Gasteiger partial charge in [0.05, 0.1) is 17.7 Å². The van der Waals surface area contributed by atoms with Gasteiger partial charge in [0.1, 0.15) is 17.2 Å².